The van der Waals surface area contributed by atoms with Crippen molar-refractivity contribution in [3.05, 3.63) is 51.9 Å². The molecule has 0 radical (unpaired) electrons. The van der Waals surface area contributed by atoms with Crippen LogP contribution in [-0.2, 0) is 0 Å². The number of fused-ring (bicyclic) bond motifs is 1. The molecule has 1 heterocycles. The number of hydrogen-bond acceptors (Lipinski definition) is 5. The van der Waals surface area contributed by atoms with Gasteiger partial charge >= 0.3 is 5.63 Å². The molecule has 0 unspecified atom stereocenters. The Balaban J connectivity index is 2.23. The monoisotopic (exact) mass is 526 g/mol. The van der Waals surface area contributed by atoms with Crippen molar-refractivity contribution in [3.8, 4) is 17.2 Å². The number of rotatable bonds is 17. The van der Waals surface area contributed by atoms with Crippen LogP contribution in [0.1, 0.15) is 113 Å². The maximum atomic E-state index is 13.0. The minimum atomic E-state index is -0.535. The van der Waals surface area contributed by atoms with Crippen molar-refractivity contribution in [2.75, 3.05) is 13.2 Å². The smallest absolute Gasteiger partial charge is 0.383 e. The molecule has 0 N–H and O–H groups in total. The summed E-state index contributed by atoms with van der Waals surface area (Å²) in [4.78, 5) is 13.0. The van der Waals surface area contributed by atoms with Gasteiger partial charge in [-0.3, -0.25) is 0 Å². The first-order valence-electron chi connectivity index (χ1n) is 14.5. The molecule has 0 saturated carbocycles. The SMILES string of the molecule is CCCCCCCCCCOc1c(OC/C=C(\C)CCC=C(C)C)c(=O)oc2cccc(OC(C)(C)C)c12. The standard InChI is InChI=1S/C33H50O5/c1-8-9-10-11-12-13-14-15-23-35-30-29-27(20-17-21-28(29)38-33(5,6)7)37-32(34)31(30)36-24-22-26(4)19-16-18-25(2)3/h17-18,20-22H,8-16,19,23-24H2,1-7H3/b26-22+. The van der Waals surface area contributed by atoms with Crippen LogP contribution in [0.5, 0.6) is 17.2 Å². The summed E-state index contributed by atoms with van der Waals surface area (Å²) < 4.78 is 24.2. The Morgan fingerprint density at radius 2 is 1.58 bits per heavy atom. The van der Waals surface area contributed by atoms with Crippen molar-refractivity contribution >= 4 is 11.0 Å². The van der Waals surface area contributed by atoms with Crippen molar-refractivity contribution in [1.29, 1.82) is 0 Å². The highest BCUT2D eigenvalue weighted by atomic mass is 16.5. The summed E-state index contributed by atoms with van der Waals surface area (Å²) in [5.41, 5.74) is 2.00. The van der Waals surface area contributed by atoms with E-state index >= 15 is 0 Å². The van der Waals surface area contributed by atoms with Gasteiger partial charge in [-0.25, -0.2) is 4.79 Å². The maximum absolute atomic E-state index is 13.0. The lowest BCUT2D eigenvalue weighted by molar-refractivity contribution is 0.132. The van der Waals surface area contributed by atoms with E-state index < -0.39 is 11.2 Å². The van der Waals surface area contributed by atoms with Crippen molar-refractivity contribution in [2.24, 2.45) is 0 Å². The molecule has 0 aliphatic carbocycles. The van der Waals surface area contributed by atoms with E-state index in [2.05, 4.69) is 33.8 Å². The van der Waals surface area contributed by atoms with Crippen LogP contribution in [0.4, 0.5) is 0 Å². The summed E-state index contributed by atoms with van der Waals surface area (Å²) in [7, 11) is 0. The molecule has 0 amide bonds. The third kappa shape index (κ3) is 11.4. The molecule has 38 heavy (non-hydrogen) atoms. The molecular formula is C33H50O5. The Bertz CT molecular complexity index is 1100. The van der Waals surface area contributed by atoms with Gasteiger partial charge in [0.1, 0.15) is 28.9 Å². The van der Waals surface area contributed by atoms with Gasteiger partial charge in [-0.2, -0.15) is 0 Å². The summed E-state index contributed by atoms with van der Waals surface area (Å²) in [6.45, 7) is 15.3. The summed E-state index contributed by atoms with van der Waals surface area (Å²) >= 11 is 0. The van der Waals surface area contributed by atoms with E-state index in [1.54, 1.807) is 6.07 Å². The minimum Gasteiger partial charge on any atom is -0.489 e. The molecule has 0 saturated heterocycles. The van der Waals surface area contributed by atoms with Gasteiger partial charge in [-0.1, -0.05) is 75.2 Å². The zero-order valence-corrected chi connectivity index (χ0v) is 24.9. The number of hydrogen-bond donors (Lipinski definition) is 0. The second kappa shape index (κ2) is 16.3. The number of allylic oxidation sites excluding steroid dienone is 3. The van der Waals surface area contributed by atoms with Crippen LogP contribution in [0.2, 0.25) is 0 Å². The molecule has 212 valence electrons. The lowest BCUT2D eigenvalue weighted by atomic mass is 10.1. The molecule has 2 rings (SSSR count). The van der Waals surface area contributed by atoms with E-state index in [4.69, 9.17) is 18.6 Å². The Hall–Kier alpha value is -2.69. The van der Waals surface area contributed by atoms with Crippen molar-refractivity contribution < 1.29 is 18.6 Å². The van der Waals surface area contributed by atoms with Crippen molar-refractivity contribution in [3.63, 3.8) is 0 Å². The first-order valence-corrected chi connectivity index (χ1v) is 14.5. The fourth-order valence-corrected chi connectivity index (χ4v) is 4.22. The molecule has 5 nitrogen and oxygen atoms in total. The van der Waals surface area contributed by atoms with E-state index in [1.807, 2.05) is 39.0 Å². The zero-order chi connectivity index (χ0) is 28.0. The predicted molar refractivity (Wildman–Crippen MR) is 159 cm³/mol. The third-order valence-corrected chi connectivity index (χ3v) is 6.22. The lowest BCUT2D eigenvalue weighted by Gasteiger charge is -2.23. The van der Waals surface area contributed by atoms with Gasteiger partial charge in [-0.05, 0) is 79.0 Å². The zero-order valence-electron chi connectivity index (χ0n) is 24.9. The molecule has 0 aliphatic heterocycles. The summed E-state index contributed by atoms with van der Waals surface area (Å²) in [6, 6.07) is 5.48. The highest BCUT2D eigenvalue weighted by Gasteiger charge is 2.23. The fraction of sp³-hybridized carbons (Fsp3) is 0.606. The van der Waals surface area contributed by atoms with Gasteiger partial charge in [0.05, 0.1) is 6.61 Å². The average molecular weight is 527 g/mol. The summed E-state index contributed by atoms with van der Waals surface area (Å²) in [5.74, 6) is 1.13. The van der Waals surface area contributed by atoms with Crippen molar-refractivity contribution in [2.45, 2.75) is 118 Å². The highest BCUT2D eigenvalue weighted by Crippen LogP contribution is 2.40. The number of ether oxygens (including phenoxy) is 3. The Labute approximate surface area is 230 Å². The summed E-state index contributed by atoms with van der Waals surface area (Å²) in [5, 5.41) is 0.640. The molecule has 2 aromatic rings. The molecule has 1 aromatic heterocycles. The Morgan fingerprint density at radius 3 is 2.24 bits per heavy atom. The van der Waals surface area contributed by atoms with Crippen LogP contribution in [-0.4, -0.2) is 18.8 Å². The topological polar surface area (TPSA) is 57.9 Å². The van der Waals surface area contributed by atoms with Gasteiger partial charge < -0.3 is 18.6 Å². The van der Waals surface area contributed by atoms with Crippen LogP contribution < -0.4 is 19.8 Å². The summed E-state index contributed by atoms with van der Waals surface area (Å²) in [6.07, 6.45) is 15.9. The van der Waals surface area contributed by atoms with Crippen LogP contribution in [0.25, 0.3) is 11.0 Å². The Morgan fingerprint density at radius 1 is 0.895 bits per heavy atom. The van der Waals surface area contributed by atoms with E-state index in [0.29, 0.717) is 29.1 Å². The van der Waals surface area contributed by atoms with Crippen LogP contribution in [0.3, 0.4) is 0 Å². The van der Waals surface area contributed by atoms with E-state index in [0.717, 1.165) is 25.7 Å². The maximum Gasteiger partial charge on any atom is 0.383 e. The molecule has 0 fully saturated rings. The second-order valence-corrected chi connectivity index (χ2v) is 11.4. The minimum absolute atomic E-state index is 0.107. The first kappa shape index (κ1) is 31.5. The second-order valence-electron chi connectivity index (χ2n) is 11.4. The predicted octanol–water partition coefficient (Wildman–Crippen LogP) is 9.56. The average Bonchev–Trinajstić information content (AvgIpc) is 2.83. The molecule has 0 aliphatic rings. The van der Waals surface area contributed by atoms with E-state index in [1.165, 1.54) is 49.7 Å². The highest BCUT2D eigenvalue weighted by molar-refractivity contribution is 5.91. The third-order valence-electron chi connectivity index (χ3n) is 6.22. The van der Waals surface area contributed by atoms with Crippen LogP contribution in [0, 0.1) is 0 Å². The van der Waals surface area contributed by atoms with Crippen molar-refractivity contribution in [1.82, 2.24) is 0 Å². The number of benzene rings is 1. The lowest BCUT2D eigenvalue weighted by Crippen LogP contribution is -2.23. The van der Waals surface area contributed by atoms with E-state index in [-0.39, 0.29) is 12.4 Å². The molecular weight excluding hydrogens is 476 g/mol. The van der Waals surface area contributed by atoms with Gasteiger partial charge in [0, 0.05) is 0 Å². The first-order chi connectivity index (χ1) is 18.1. The molecule has 1 aromatic carbocycles. The van der Waals surface area contributed by atoms with Gasteiger partial charge in [0.2, 0.25) is 5.75 Å². The normalized spacial score (nSPS) is 12.0. The molecule has 5 heteroatoms. The quantitative estimate of drug-likeness (QED) is 0.117. The Kier molecular flexibility index (Phi) is 13.5. The van der Waals surface area contributed by atoms with E-state index in [9.17, 15) is 4.79 Å². The van der Waals surface area contributed by atoms with Crippen LogP contribution in [0.15, 0.2) is 50.7 Å². The van der Waals surface area contributed by atoms with Gasteiger partial charge in [0.25, 0.3) is 0 Å². The molecule has 0 spiro atoms. The largest absolute Gasteiger partial charge is 0.489 e. The number of unbranched alkanes of at least 4 members (excludes halogenated alkanes) is 7. The fourth-order valence-electron chi connectivity index (χ4n) is 4.22. The molecule has 0 atom stereocenters. The van der Waals surface area contributed by atoms with Gasteiger partial charge in [-0.15, -0.1) is 0 Å². The molecule has 0 bridgehead atoms. The van der Waals surface area contributed by atoms with Crippen LogP contribution >= 0.6 is 0 Å². The van der Waals surface area contributed by atoms with Gasteiger partial charge in [0.15, 0.2) is 5.75 Å².